The van der Waals surface area contributed by atoms with E-state index in [2.05, 4.69) is 37.2 Å². The predicted molar refractivity (Wildman–Crippen MR) is 313 cm³/mol. The summed E-state index contributed by atoms with van der Waals surface area (Å²) in [6, 6.07) is 0. The third-order valence-electron chi connectivity index (χ3n) is 10.2. The zero-order valence-electron chi connectivity index (χ0n) is 52.5. The maximum atomic E-state index is 11.3. The van der Waals surface area contributed by atoms with Crippen LogP contribution < -0.4 is 0 Å². The van der Waals surface area contributed by atoms with E-state index >= 15 is 0 Å². The van der Waals surface area contributed by atoms with E-state index in [1.54, 1.807) is 96.2 Å². The van der Waals surface area contributed by atoms with E-state index in [9.17, 15) is 44.1 Å². The van der Waals surface area contributed by atoms with Crippen LogP contribution in [0.2, 0.25) is 0 Å². The third-order valence-corrected chi connectivity index (χ3v) is 10.2. The molecule has 0 spiro atoms. The first-order valence-electron chi connectivity index (χ1n) is 26.3. The van der Waals surface area contributed by atoms with Crippen LogP contribution in [0.1, 0.15) is 219 Å². The Labute approximate surface area is 454 Å². The number of Topliss-reactive ketones (excluding diaryl/α,β-unsaturated/α-hetero) is 1. The summed E-state index contributed by atoms with van der Waals surface area (Å²) in [5.74, 6) is -0.409. The molecule has 0 aromatic rings. The van der Waals surface area contributed by atoms with Crippen molar-refractivity contribution in [2.24, 2.45) is 32.5 Å². The summed E-state index contributed by atoms with van der Waals surface area (Å²) in [4.78, 5) is 65.9. The van der Waals surface area contributed by atoms with Gasteiger partial charge in [-0.1, -0.05) is 172 Å². The van der Waals surface area contributed by atoms with Gasteiger partial charge in [0.05, 0.1) is 44.1 Å². The molecule has 0 radical (unpaired) electrons. The van der Waals surface area contributed by atoms with E-state index in [1.165, 1.54) is 20.3 Å². The number of hydrogen-bond donors (Lipinski definition) is 4. The van der Waals surface area contributed by atoms with Crippen molar-refractivity contribution in [1.82, 2.24) is 0 Å². The molecule has 0 aliphatic carbocycles. The molecule has 0 saturated carbocycles. The van der Waals surface area contributed by atoms with Crippen LogP contribution in [0, 0.1) is 32.5 Å². The summed E-state index contributed by atoms with van der Waals surface area (Å²) >= 11 is 0. The summed E-state index contributed by atoms with van der Waals surface area (Å²) in [6.45, 7) is 49.2. The van der Waals surface area contributed by atoms with Gasteiger partial charge in [0.2, 0.25) is 0 Å². The Hall–Kier alpha value is -4.10. The Morgan fingerprint density at radius 1 is 0.473 bits per heavy atom. The van der Waals surface area contributed by atoms with E-state index < -0.39 is 28.9 Å². The first kappa shape index (κ1) is 86.6. The molecule has 0 aliphatic heterocycles. The van der Waals surface area contributed by atoms with E-state index in [0.717, 1.165) is 32.1 Å². The van der Waals surface area contributed by atoms with Gasteiger partial charge in [0, 0.05) is 23.7 Å². The highest BCUT2D eigenvalue weighted by molar-refractivity contribution is 6.08. The van der Waals surface area contributed by atoms with Gasteiger partial charge >= 0.3 is 11.9 Å². The molecular formula is C62H116O12. The Morgan fingerprint density at radius 3 is 1.05 bits per heavy atom. The number of aliphatic hydroxyl groups excluding tert-OH is 4. The number of ketones is 4. The molecule has 0 heterocycles. The van der Waals surface area contributed by atoms with Gasteiger partial charge in [0.25, 0.3) is 0 Å². The Balaban J connectivity index is -0.000000113. The van der Waals surface area contributed by atoms with Crippen LogP contribution in [0.25, 0.3) is 0 Å². The number of rotatable bonds is 16. The molecule has 0 rings (SSSR count). The lowest BCUT2D eigenvalue weighted by molar-refractivity contribution is -0.156. The Bertz CT molecular complexity index is 1640. The maximum Gasteiger partial charge on any atom is 0.319 e. The lowest BCUT2D eigenvalue weighted by Gasteiger charge is -2.25. The van der Waals surface area contributed by atoms with Crippen LogP contribution in [0.15, 0.2) is 72.9 Å². The van der Waals surface area contributed by atoms with Crippen molar-refractivity contribution in [3.05, 3.63) is 72.9 Å². The lowest BCUT2D eigenvalue weighted by Crippen LogP contribution is -2.36. The average Bonchev–Trinajstić information content (AvgIpc) is 3.29. The fourth-order valence-electron chi connectivity index (χ4n) is 4.36. The fraction of sp³-hybridized carbons (Fsp3) is 0.710. The molecule has 0 saturated heterocycles. The molecular weight excluding hydrogens is 937 g/mol. The highest BCUT2D eigenvalue weighted by Crippen LogP contribution is 2.24. The second-order valence-electron chi connectivity index (χ2n) is 22.5. The molecule has 12 heteroatoms. The normalized spacial score (nSPS) is 13.5. The highest BCUT2D eigenvalue weighted by Gasteiger charge is 2.36. The second kappa shape index (κ2) is 47.4. The van der Waals surface area contributed by atoms with Crippen molar-refractivity contribution in [1.29, 1.82) is 0 Å². The summed E-state index contributed by atoms with van der Waals surface area (Å²) in [7, 11) is 2.58. The molecule has 0 amide bonds. The quantitative estimate of drug-likeness (QED) is 0.0494. The van der Waals surface area contributed by atoms with Crippen LogP contribution in [-0.2, 0) is 38.2 Å². The first-order valence-corrected chi connectivity index (χ1v) is 26.3. The number of carbonyl (C=O) groups excluding carboxylic acids is 6. The number of esters is 2. The monoisotopic (exact) mass is 1050 g/mol. The van der Waals surface area contributed by atoms with Crippen molar-refractivity contribution in [3.8, 4) is 0 Å². The minimum absolute atomic E-state index is 0.0213. The van der Waals surface area contributed by atoms with Crippen LogP contribution >= 0.6 is 0 Å². The van der Waals surface area contributed by atoms with Crippen LogP contribution in [-0.4, -0.2) is 94.1 Å². The van der Waals surface area contributed by atoms with Gasteiger partial charge in [0.15, 0.2) is 17.3 Å². The molecule has 74 heavy (non-hydrogen) atoms. The second-order valence-corrected chi connectivity index (χ2v) is 22.5. The number of carbonyl (C=O) groups is 6. The number of aliphatic hydroxyl groups is 4. The Morgan fingerprint density at radius 2 is 0.865 bits per heavy atom. The van der Waals surface area contributed by atoms with Crippen LogP contribution in [0.3, 0.4) is 0 Å². The maximum absolute atomic E-state index is 11.3. The average molecular weight is 1050 g/mol. The summed E-state index contributed by atoms with van der Waals surface area (Å²) < 4.78 is 9.04. The van der Waals surface area contributed by atoms with Gasteiger partial charge in [-0.15, -0.1) is 0 Å². The number of methoxy groups -OCH3 is 2. The third kappa shape index (κ3) is 52.8. The minimum Gasteiger partial charge on any atom is -0.469 e. The molecule has 0 fully saturated rings. The zero-order chi connectivity index (χ0) is 60.9. The molecule has 4 unspecified atom stereocenters. The van der Waals surface area contributed by atoms with Crippen molar-refractivity contribution < 1.29 is 58.7 Å². The summed E-state index contributed by atoms with van der Waals surface area (Å²) in [5, 5.41) is 36.9. The Kier molecular flexibility index (Phi) is 55.4. The smallest absolute Gasteiger partial charge is 0.319 e. The summed E-state index contributed by atoms with van der Waals surface area (Å²) in [6.07, 6.45) is 23.9. The molecule has 12 nitrogen and oxygen atoms in total. The number of hydrogen-bond acceptors (Lipinski definition) is 12. The van der Waals surface area contributed by atoms with Gasteiger partial charge in [-0.25, -0.2) is 0 Å². The molecule has 4 N–H and O–H groups in total. The topological polar surface area (TPSA) is 202 Å². The molecule has 4 atom stereocenters. The molecule has 436 valence electrons. The molecule has 0 aliphatic rings. The fourth-order valence-corrected chi connectivity index (χ4v) is 4.36. The number of allylic oxidation sites excluding steroid dienone is 9. The molecule has 0 aromatic carbocycles. The van der Waals surface area contributed by atoms with E-state index in [-0.39, 0.29) is 57.3 Å². The van der Waals surface area contributed by atoms with Gasteiger partial charge in [-0.05, 0) is 118 Å². The van der Waals surface area contributed by atoms with Crippen molar-refractivity contribution in [2.75, 3.05) is 14.2 Å². The largest absolute Gasteiger partial charge is 0.469 e. The van der Waals surface area contributed by atoms with Gasteiger partial charge < -0.3 is 29.9 Å². The van der Waals surface area contributed by atoms with E-state index in [4.69, 9.17) is 5.11 Å². The van der Waals surface area contributed by atoms with E-state index in [1.807, 2.05) is 123 Å². The van der Waals surface area contributed by atoms with E-state index in [0.29, 0.717) is 12.2 Å². The first-order chi connectivity index (χ1) is 33.5. The number of ether oxygens (including phenoxy) is 2. The standard InChI is InChI=1S/C9H16O3.C9H14O3.C8H18O.2C8H16O.C8H14O.C6H12O.C6H10O/c2*1-5-6-7(10)9(2,3)8(11)12-4;4*1-5-6-7(9)8(2,3)4;2*1-3-5-6(7)4-2/h5-7,10H,1-4H3;5-6H,1-4H3;7,9H,5-6H2,1-4H3;5-6H2,1-4H3;5-7,9H,1-4H3;5-6H,1-4H3;3,5-7H,4H2,1-2H3;3,5H,4H2,1-2H3/b2*6-5+;;;2*6-5+;2*5-3+. The van der Waals surface area contributed by atoms with Gasteiger partial charge in [-0.3, -0.25) is 28.8 Å². The molecule has 0 aromatic heterocycles. The van der Waals surface area contributed by atoms with Gasteiger partial charge in [0.1, 0.15) is 11.2 Å². The van der Waals surface area contributed by atoms with Crippen LogP contribution in [0.4, 0.5) is 0 Å². The summed E-state index contributed by atoms with van der Waals surface area (Å²) in [5.41, 5.74) is -2.24. The van der Waals surface area contributed by atoms with Crippen molar-refractivity contribution in [2.45, 2.75) is 243 Å². The highest BCUT2D eigenvalue weighted by atomic mass is 16.5. The predicted octanol–water partition coefficient (Wildman–Crippen LogP) is 14.1. The van der Waals surface area contributed by atoms with Crippen molar-refractivity contribution in [3.63, 3.8) is 0 Å². The molecule has 0 bridgehead atoms. The van der Waals surface area contributed by atoms with Crippen molar-refractivity contribution >= 4 is 35.1 Å². The van der Waals surface area contributed by atoms with Gasteiger partial charge in [-0.2, -0.15) is 0 Å². The SMILES string of the molecule is C/C=C/C(=O)C(C)(C)C.C/C=C/C(=O)C(C)(C)C(=O)OC.C/C=C/C(=O)CC.C/C=C/C(O)C(C)(C)C.C/C=C/C(O)C(C)(C)C(=O)OC.C/C=C/C(O)CC.CCCC(=O)C(C)(C)C.CCCC(O)C(C)(C)C. The zero-order valence-corrected chi connectivity index (χ0v) is 52.5. The minimum atomic E-state index is -1.07. The van der Waals surface area contributed by atoms with Crippen LogP contribution in [0.5, 0.6) is 0 Å². The lowest BCUT2D eigenvalue weighted by atomic mass is 9.86.